The Bertz CT molecular complexity index is 2220. The molecule has 0 radical (unpaired) electrons. The van der Waals surface area contributed by atoms with E-state index in [1.165, 1.54) is 18.5 Å². The molecule has 2 unspecified atom stereocenters. The van der Waals surface area contributed by atoms with Gasteiger partial charge in [0.25, 0.3) is 6.43 Å². The predicted molar refractivity (Wildman–Crippen MR) is 251 cm³/mol. The average Bonchev–Trinajstić information content (AvgIpc) is 3.30. The zero-order valence-corrected chi connectivity index (χ0v) is 38.0. The maximum atomic E-state index is 14.6. The molecule has 17 nitrogen and oxygen atoms in total. The first-order chi connectivity index (χ1) is 31.8. The summed E-state index contributed by atoms with van der Waals surface area (Å²) in [6, 6.07) is 10.1. The molecule has 0 aliphatic carbocycles. The normalized spacial score (nSPS) is 21.0. The highest BCUT2D eigenvalue weighted by molar-refractivity contribution is 6.10. The quantitative estimate of drug-likeness (QED) is 0.113. The summed E-state index contributed by atoms with van der Waals surface area (Å²) in [6.07, 6.45) is 4.02. The van der Waals surface area contributed by atoms with Gasteiger partial charge in [0.2, 0.25) is 29.5 Å². The third kappa shape index (κ3) is 11.9. The van der Waals surface area contributed by atoms with E-state index in [9.17, 15) is 32.8 Å². The number of imide groups is 1. The SMILES string of the molecule is CN=CC(=CN)c1cc2c(cc1C(F)F)N(C(N)C1=C(NC3CCN(C(=O)CCN4CCN(CC(=O)Nc5cccc(NC6CCC(=O)NC6=O)c5)CC4)CC3)CCN(C(C)=O)C1)CCC2. The molecule has 5 aliphatic heterocycles. The fourth-order valence-corrected chi connectivity index (χ4v) is 9.64. The number of aryl methyl sites for hydroxylation is 1. The molecule has 66 heavy (non-hydrogen) atoms. The number of allylic oxidation sites excluding steroid dienone is 1. The number of carbonyl (C=O) groups excluding carboxylic acids is 5. The number of alkyl halides is 2. The van der Waals surface area contributed by atoms with E-state index >= 15 is 0 Å². The molecule has 5 heterocycles. The maximum absolute atomic E-state index is 14.6. The Morgan fingerprint density at radius 3 is 2.35 bits per heavy atom. The molecular formula is C47H64F2N12O5. The topological polar surface area (TPSA) is 214 Å². The van der Waals surface area contributed by atoms with E-state index in [-0.39, 0.29) is 54.1 Å². The minimum absolute atomic E-state index is 0.0553. The fraction of sp³-hybridized carbons (Fsp3) is 0.532. The Morgan fingerprint density at radius 1 is 0.909 bits per heavy atom. The third-order valence-corrected chi connectivity index (χ3v) is 13.3. The molecule has 2 aromatic rings. The third-order valence-electron chi connectivity index (χ3n) is 13.3. The first-order valence-corrected chi connectivity index (χ1v) is 23.1. The van der Waals surface area contributed by atoms with Crippen LogP contribution in [-0.2, 0) is 30.4 Å². The van der Waals surface area contributed by atoms with E-state index in [1.54, 1.807) is 43.1 Å². The molecule has 19 heteroatoms. The summed E-state index contributed by atoms with van der Waals surface area (Å²) in [5.41, 5.74) is 18.2. The summed E-state index contributed by atoms with van der Waals surface area (Å²) >= 11 is 0. The number of hydrogen-bond acceptors (Lipinski definition) is 13. The van der Waals surface area contributed by atoms with Crippen molar-refractivity contribution in [1.82, 2.24) is 30.2 Å². The molecule has 2 atom stereocenters. The zero-order chi connectivity index (χ0) is 46.9. The van der Waals surface area contributed by atoms with Crippen LogP contribution in [0.25, 0.3) is 5.57 Å². The van der Waals surface area contributed by atoms with Gasteiger partial charge in [-0.1, -0.05) is 6.07 Å². The van der Waals surface area contributed by atoms with Gasteiger partial charge in [-0.25, -0.2) is 8.78 Å². The first-order valence-electron chi connectivity index (χ1n) is 23.1. The number of rotatable bonds is 15. The number of carbonyl (C=O) groups is 5. The lowest BCUT2D eigenvalue weighted by Gasteiger charge is -2.42. The van der Waals surface area contributed by atoms with Crippen LogP contribution in [0.4, 0.5) is 25.8 Å². The Morgan fingerprint density at radius 2 is 1.65 bits per heavy atom. The fourth-order valence-electron chi connectivity index (χ4n) is 9.64. The molecule has 0 aromatic heterocycles. The molecule has 0 saturated carbocycles. The van der Waals surface area contributed by atoms with E-state index in [2.05, 4.69) is 36.1 Å². The van der Waals surface area contributed by atoms with Gasteiger partial charge in [-0.15, -0.1) is 0 Å². The molecular weight excluding hydrogens is 851 g/mol. The number of benzene rings is 2. The molecule has 7 rings (SSSR count). The second-order valence-electron chi connectivity index (χ2n) is 17.8. The van der Waals surface area contributed by atoms with Crippen molar-refractivity contribution in [3.63, 3.8) is 0 Å². The number of fused-ring (bicyclic) bond motifs is 1. The van der Waals surface area contributed by atoms with Gasteiger partial charge in [-0.3, -0.25) is 39.2 Å². The van der Waals surface area contributed by atoms with Crippen LogP contribution in [0, 0.1) is 0 Å². The number of hydrogen-bond donors (Lipinski definition) is 6. The molecule has 5 aliphatic rings. The van der Waals surface area contributed by atoms with Gasteiger partial charge in [0.05, 0.1) is 6.54 Å². The van der Waals surface area contributed by atoms with Crippen molar-refractivity contribution >= 4 is 58.4 Å². The molecule has 0 spiro atoms. The Hall–Kier alpha value is -5.92. The van der Waals surface area contributed by atoms with Gasteiger partial charge in [-0.2, -0.15) is 0 Å². The van der Waals surface area contributed by atoms with Crippen LogP contribution in [-0.4, -0.2) is 153 Å². The zero-order valence-electron chi connectivity index (χ0n) is 38.0. The largest absolute Gasteiger partial charge is 0.404 e. The molecule has 5 amide bonds. The molecule has 0 bridgehead atoms. The van der Waals surface area contributed by atoms with Gasteiger partial charge in [-0.05, 0) is 73.6 Å². The summed E-state index contributed by atoms with van der Waals surface area (Å²) in [7, 11) is 1.57. The summed E-state index contributed by atoms with van der Waals surface area (Å²) in [5.74, 6) is -0.714. The number of aliphatic imine (C=N–C) groups is 1. The van der Waals surface area contributed by atoms with Crippen molar-refractivity contribution in [2.45, 2.75) is 83.0 Å². The van der Waals surface area contributed by atoms with Gasteiger partial charge in [0.1, 0.15) is 12.2 Å². The number of piperazine rings is 1. The van der Waals surface area contributed by atoms with E-state index in [4.69, 9.17) is 11.5 Å². The van der Waals surface area contributed by atoms with Gasteiger partial charge in [0, 0.05) is 157 Å². The van der Waals surface area contributed by atoms with Gasteiger partial charge < -0.3 is 47.0 Å². The minimum Gasteiger partial charge on any atom is -0.404 e. The summed E-state index contributed by atoms with van der Waals surface area (Å²) in [6.45, 7) is 7.98. The van der Waals surface area contributed by atoms with Crippen LogP contribution in [0.1, 0.15) is 75.0 Å². The number of nitrogens with two attached hydrogens (primary N) is 2. The Kier molecular flexibility index (Phi) is 16.0. The lowest BCUT2D eigenvalue weighted by molar-refractivity contribution is -0.134. The van der Waals surface area contributed by atoms with Crippen molar-refractivity contribution < 1.29 is 32.8 Å². The van der Waals surface area contributed by atoms with E-state index in [0.717, 1.165) is 49.2 Å². The smallest absolute Gasteiger partial charge is 0.264 e. The highest BCUT2D eigenvalue weighted by atomic mass is 19.3. The number of nitrogens with one attached hydrogen (secondary N) is 4. The van der Waals surface area contributed by atoms with Crippen LogP contribution in [0.2, 0.25) is 0 Å². The number of likely N-dealkylation sites (tertiary alicyclic amines) is 1. The van der Waals surface area contributed by atoms with Crippen LogP contribution in [0.15, 0.2) is 58.9 Å². The lowest BCUT2D eigenvalue weighted by Crippen LogP contribution is -2.53. The highest BCUT2D eigenvalue weighted by Crippen LogP contribution is 2.38. The van der Waals surface area contributed by atoms with Crippen LogP contribution >= 0.6 is 0 Å². The minimum atomic E-state index is -2.75. The second kappa shape index (κ2) is 22.0. The average molecular weight is 915 g/mol. The van der Waals surface area contributed by atoms with Crippen LogP contribution in [0.3, 0.4) is 0 Å². The van der Waals surface area contributed by atoms with Crippen molar-refractivity contribution in [1.29, 1.82) is 0 Å². The van der Waals surface area contributed by atoms with Gasteiger partial charge >= 0.3 is 0 Å². The molecule has 2 aromatic carbocycles. The predicted octanol–water partition coefficient (Wildman–Crippen LogP) is 2.61. The second-order valence-corrected chi connectivity index (χ2v) is 17.8. The number of amides is 5. The summed E-state index contributed by atoms with van der Waals surface area (Å²) in [5, 5.41) is 12.2. The lowest BCUT2D eigenvalue weighted by atomic mass is 9.91. The monoisotopic (exact) mass is 915 g/mol. The number of piperidine rings is 2. The first kappa shape index (κ1) is 48.0. The van der Waals surface area contributed by atoms with E-state index < -0.39 is 18.6 Å². The Labute approximate surface area is 385 Å². The molecule has 3 saturated heterocycles. The Balaban J connectivity index is 0.880. The van der Waals surface area contributed by atoms with Crippen molar-refractivity contribution in [2.75, 3.05) is 94.6 Å². The van der Waals surface area contributed by atoms with E-state index in [1.807, 2.05) is 15.9 Å². The highest BCUT2D eigenvalue weighted by Gasteiger charge is 2.34. The van der Waals surface area contributed by atoms with Crippen molar-refractivity contribution in [2.24, 2.45) is 16.5 Å². The molecule has 8 N–H and O–H groups in total. The van der Waals surface area contributed by atoms with Gasteiger partial charge in [0.15, 0.2) is 0 Å². The number of nitrogens with zero attached hydrogens (tertiary/aromatic N) is 6. The molecule has 356 valence electrons. The van der Waals surface area contributed by atoms with Crippen molar-refractivity contribution in [3.05, 3.63) is 70.6 Å². The summed E-state index contributed by atoms with van der Waals surface area (Å²) in [4.78, 5) is 76.7. The summed E-state index contributed by atoms with van der Waals surface area (Å²) < 4.78 is 29.1. The maximum Gasteiger partial charge on any atom is 0.264 e. The van der Waals surface area contributed by atoms with Crippen LogP contribution in [0.5, 0.6) is 0 Å². The molecule has 3 fully saturated rings. The van der Waals surface area contributed by atoms with Crippen LogP contribution < -0.4 is 37.6 Å². The number of halogens is 2. The standard InChI is InChI=1S/C47H64F2N12O5/c1-30(62)60-18-12-39(38(28-60)46(51)61-14-4-5-31-23-36(32(26-50)27-52-2)37(45(48)49)25-41(31)61)53-33-10-16-59(17-11-33)44(65)13-15-57-19-21-58(22-20-57)29-43(64)55-35-7-3-6-34(24-35)54-40-8-9-42(63)56-47(40)66/h3,6-7,23-27,33,40,45-46,53-54H,4-5,8-22,28-29,50-51H2,1-2H3,(H,55,64)(H,56,63,66). The van der Waals surface area contributed by atoms with E-state index in [0.29, 0.717) is 106 Å². The van der Waals surface area contributed by atoms with Crippen molar-refractivity contribution in [3.8, 4) is 0 Å². The number of anilines is 3.